The van der Waals surface area contributed by atoms with Crippen LogP contribution in [0.4, 0.5) is 13.2 Å². The van der Waals surface area contributed by atoms with Crippen molar-refractivity contribution >= 4 is 11.6 Å². The Morgan fingerprint density at radius 3 is 2.30 bits per heavy atom. The highest BCUT2D eigenvalue weighted by Crippen LogP contribution is 2.42. The summed E-state index contributed by atoms with van der Waals surface area (Å²) in [7, 11) is 0. The predicted octanol–water partition coefficient (Wildman–Crippen LogP) is 5.95. The molecule has 2 heterocycles. The molecule has 4 rings (SSSR count). The van der Waals surface area contributed by atoms with Crippen LogP contribution < -0.4 is 0 Å². The maximum absolute atomic E-state index is 12.9. The van der Waals surface area contributed by atoms with Crippen LogP contribution in [0.25, 0.3) is 16.8 Å². The first-order chi connectivity index (χ1) is 15.7. The molecule has 0 spiro atoms. The molecular weight excluding hydrogens is 431 g/mol. The van der Waals surface area contributed by atoms with Crippen LogP contribution in [0.1, 0.15) is 43.0 Å². The van der Waals surface area contributed by atoms with E-state index in [9.17, 15) is 23.1 Å². The van der Waals surface area contributed by atoms with Crippen LogP contribution in [0.15, 0.2) is 73.1 Å². The van der Waals surface area contributed by atoms with Crippen LogP contribution in [-0.2, 0) is 16.4 Å². The van der Waals surface area contributed by atoms with E-state index in [1.807, 2.05) is 37.3 Å². The van der Waals surface area contributed by atoms with Gasteiger partial charge in [-0.3, -0.25) is 4.79 Å². The first kappa shape index (κ1) is 22.5. The number of benzene rings is 2. The molecule has 2 atom stereocenters. The van der Waals surface area contributed by atoms with E-state index in [-0.39, 0.29) is 5.92 Å². The average Bonchev–Trinajstić information content (AvgIpc) is 3.24. The summed E-state index contributed by atoms with van der Waals surface area (Å²) in [5, 5.41) is 14.8. The number of halogens is 3. The summed E-state index contributed by atoms with van der Waals surface area (Å²) in [5.41, 5.74) is 0.659. The second-order valence-corrected chi connectivity index (χ2v) is 8.08. The Balaban J connectivity index is 1.86. The lowest BCUT2D eigenvalue weighted by atomic mass is 9.69. The normalized spacial score (nSPS) is 14.7. The zero-order valence-corrected chi connectivity index (χ0v) is 18.0. The number of carboxylic acid groups (broad SMARTS) is 1. The smallest absolute Gasteiger partial charge is 0.416 e. The summed E-state index contributed by atoms with van der Waals surface area (Å²) in [6, 6.07) is 15.8. The first-order valence-electron chi connectivity index (χ1n) is 10.5. The molecule has 8 heteroatoms. The van der Waals surface area contributed by atoms with E-state index in [1.165, 1.54) is 29.0 Å². The zero-order valence-electron chi connectivity index (χ0n) is 18.0. The monoisotopic (exact) mass is 453 g/mol. The van der Waals surface area contributed by atoms with E-state index in [4.69, 9.17) is 0 Å². The molecule has 0 saturated carbocycles. The molecule has 1 unspecified atom stereocenters. The third kappa shape index (κ3) is 3.86. The lowest BCUT2D eigenvalue weighted by molar-refractivity contribution is -0.144. The summed E-state index contributed by atoms with van der Waals surface area (Å²) in [6.45, 7) is 3.61. The topological polar surface area (TPSA) is 67.5 Å². The minimum absolute atomic E-state index is 0.347. The standard InChI is InChI=1S/C25H22F3N3O2/c1-3-20(17-7-5-4-6-8-17)24(2,23(32)33)21-13-14-29-22-19(15-30-31(21)22)16-9-11-18(12-10-16)25(26,27)28/h4-15,20H,3H2,1-2H3,(H,32,33)/t20?,24-/m0/s1. The van der Waals surface area contributed by atoms with Gasteiger partial charge in [-0.05, 0) is 42.7 Å². The van der Waals surface area contributed by atoms with Gasteiger partial charge in [-0.1, -0.05) is 49.4 Å². The van der Waals surface area contributed by atoms with Crippen LogP contribution >= 0.6 is 0 Å². The lowest BCUT2D eigenvalue weighted by Crippen LogP contribution is -2.40. The molecule has 0 radical (unpaired) electrons. The number of carboxylic acids is 1. The number of rotatable bonds is 6. The van der Waals surface area contributed by atoms with Gasteiger partial charge in [-0.15, -0.1) is 0 Å². The van der Waals surface area contributed by atoms with Crippen molar-refractivity contribution in [2.45, 2.75) is 37.8 Å². The van der Waals surface area contributed by atoms with Crippen LogP contribution in [0.5, 0.6) is 0 Å². The van der Waals surface area contributed by atoms with Gasteiger partial charge in [0, 0.05) is 17.7 Å². The Bertz CT molecular complexity index is 1280. The van der Waals surface area contributed by atoms with E-state index >= 15 is 0 Å². The Hall–Kier alpha value is -3.68. The number of hydrogen-bond donors (Lipinski definition) is 1. The van der Waals surface area contributed by atoms with Crippen molar-refractivity contribution in [1.82, 2.24) is 14.6 Å². The summed E-state index contributed by atoms with van der Waals surface area (Å²) in [4.78, 5) is 17.0. The van der Waals surface area contributed by atoms with Crippen molar-refractivity contribution in [2.24, 2.45) is 0 Å². The molecule has 0 bridgehead atoms. The Kier molecular flexibility index (Phi) is 5.69. The summed E-state index contributed by atoms with van der Waals surface area (Å²) in [6.07, 6.45) is -0.844. The fourth-order valence-corrected chi connectivity index (χ4v) is 4.43. The van der Waals surface area contributed by atoms with Crippen molar-refractivity contribution < 1.29 is 23.1 Å². The van der Waals surface area contributed by atoms with Gasteiger partial charge in [0.05, 0.1) is 17.5 Å². The zero-order chi connectivity index (χ0) is 23.8. The van der Waals surface area contributed by atoms with Gasteiger partial charge in [-0.25, -0.2) is 9.50 Å². The predicted molar refractivity (Wildman–Crippen MR) is 118 cm³/mol. The van der Waals surface area contributed by atoms with Gasteiger partial charge in [0.1, 0.15) is 5.41 Å². The van der Waals surface area contributed by atoms with E-state index in [2.05, 4.69) is 10.1 Å². The van der Waals surface area contributed by atoms with Gasteiger partial charge in [0.25, 0.3) is 0 Å². The van der Waals surface area contributed by atoms with Gasteiger partial charge < -0.3 is 5.11 Å². The number of aromatic nitrogens is 3. The maximum atomic E-state index is 12.9. The second-order valence-electron chi connectivity index (χ2n) is 8.08. The number of aliphatic carboxylic acids is 1. The molecule has 0 aliphatic carbocycles. The number of hydrogen-bond acceptors (Lipinski definition) is 3. The number of carbonyl (C=O) groups is 1. The molecule has 0 fully saturated rings. The molecule has 5 nitrogen and oxygen atoms in total. The summed E-state index contributed by atoms with van der Waals surface area (Å²) < 4.78 is 40.3. The van der Waals surface area contributed by atoms with Crippen molar-refractivity contribution in [3.63, 3.8) is 0 Å². The van der Waals surface area contributed by atoms with E-state index < -0.39 is 23.1 Å². The molecule has 0 aliphatic heterocycles. The highest BCUT2D eigenvalue weighted by molar-refractivity contribution is 5.83. The van der Waals surface area contributed by atoms with Crippen molar-refractivity contribution in [3.8, 4) is 11.1 Å². The fraction of sp³-hybridized carbons (Fsp3) is 0.240. The minimum Gasteiger partial charge on any atom is -0.481 e. The second kappa shape index (κ2) is 8.35. The SMILES string of the molecule is CCC(c1ccccc1)[C@](C)(C(=O)O)c1ccnc2c(-c3ccc(C(F)(F)F)cc3)cnn12. The minimum atomic E-state index is -4.43. The summed E-state index contributed by atoms with van der Waals surface area (Å²) in [5.74, 6) is -1.35. The number of alkyl halides is 3. The molecule has 2 aromatic carbocycles. The third-order valence-electron chi connectivity index (χ3n) is 6.21. The van der Waals surface area contributed by atoms with Crippen molar-refractivity contribution in [3.05, 3.63) is 89.9 Å². The molecule has 2 aromatic heterocycles. The largest absolute Gasteiger partial charge is 0.481 e. The van der Waals surface area contributed by atoms with Crippen LogP contribution in [0, 0.1) is 0 Å². The van der Waals surface area contributed by atoms with E-state index in [0.29, 0.717) is 28.9 Å². The fourth-order valence-electron chi connectivity index (χ4n) is 4.43. The van der Waals surface area contributed by atoms with Crippen molar-refractivity contribution in [2.75, 3.05) is 0 Å². The highest BCUT2D eigenvalue weighted by Gasteiger charge is 2.45. The Labute approximate surface area is 188 Å². The average molecular weight is 453 g/mol. The van der Waals surface area contributed by atoms with Crippen LogP contribution in [0.3, 0.4) is 0 Å². The van der Waals surface area contributed by atoms with Gasteiger partial charge in [-0.2, -0.15) is 18.3 Å². The molecule has 0 saturated heterocycles. The Morgan fingerprint density at radius 1 is 1.06 bits per heavy atom. The molecule has 1 N–H and O–H groups in total. The number of nitrogens with zero attached hydrogens (tertiary/aromatic N) is 3. The molecular formula is C25H22F3N3O2. The van der Waals surface area contributed by atoms with Crippen LogP contribution in [0.2, 0.25) is 0 Å². The summed E-state index contributed by atoms with van der Waals surface area (Å²) >= 11 is 0. The van der Waals surface area contributed by atoms with Gasteiger partial charge >= 0.3 is 12.1 Å². The molecule has 4 aromatic rings. The first-order valence-corrected chi connectivity index (χ1v) is 10.5. The maximum Gasteiger partial charge on any atom is 0.416 e. The molecule has 0 aliphatic rings. The lowest BCUT2D eigenvalue weighted by Gasteiger charge is -2.34. The number of fused-ring (bicyclic) bond motifs is 1. The van der Waals surface area contributed by atoms with Crippen LogP contribution in [-0.4, -0.2) is 25.7 Å². The van der Waals surface area contributed by atoms with E-state index in [1.54, 1.807) is 13.0 Å². The molecule has 170 valence electrons. The van der Waals surface area contributed by atoms with Gasteiger partial charge in [0.15, 0.2) is 5.65 Å². The third-order valence-corrected chi connectivity index (χ3v) is 6.21. The molecule has 33 heavy (non-hydrogen) atoms. The van der Waals surface area contributed by atoms with E-state index in [0.717, 1.165) is 17.7 Å². The quantitative estimate of drug-likeness (QED) is 0.392. The van der Waals surface area contributed by atoms with Gasteiger partial charge in [0.2, 0.25) is 0 Å². The molecule has 0 amide bonds. The van der Waals surface area contributed by atoms with Crippen molar-refractivity contribution in [1.29, 1.82) is 0 Å². The Morgan fingerprint density at radius 2 is 1.73 bits per heavy atom. The highest BCUT2D eigenvalue weighted by atomic mass is 19.4.